The molecule has 0 aliphatic heterocycles. The molecule has 3 N–H and O–H groups in total. The van der Waals surface area contributed by atoms with Crippen molar-refractivity contribution in [2.45, 2.75) is 50.5 Å². The molecule has 0 amide bonds. The summed E-state index contributed by atoms with van der Waals surface area (Å²) >= 11 is 0. The zero-order valence-electron chi connectivity index (χ0n) is 10.4. The zero-order valence-corrected chi connectivity index (χ0v) is 10.4. The van der Waals surface area contributed by atoms with Crippen LogP contribution in [0.25, 0.3) is 0 Å². The Balaban J connectivity index is 1.74. The first-order valence-electron chi connectivity index (χ1n) is 6.92. The van der Waals surface area contributed by atoms with Crippen molar-refractivity contribution in [2.24, 2.45) is 11.8 Å². The van der Waals surface area contributed by atoms with Crippen LogP contribution >= 0.6 is 0 Å². The fourth-order valence-electron chi connectivity index (χ4n) is 3.44. The lowest BCUT2D eigenvalue weighted by Crippen LogP contribution is -2.41. The Morgan fingerprint density at radius 3 is 2.76 bits per heavy atom. The molecule has 1 fully saturated rings. The average Bonchev–Trinajstić information content (AvgIpc) is 2.72. The zero-order chi connectivity index (χ0) is 11.7. The molecular weight excluding hydrogens is 208 g/mol. The van der Waals surface area contributed by atoms with Gasteiger partial charge in [-0.25, -0.2) is 0 Å². The van der Waals surface area contributed by atoms with E-state index in [-0.39, 0.29) is 0 Å². The van der Waals surface area contributed by atoms with Gasteiger partial charge in [-0.05, 0) is 36.3 Å². The van der Waals surface area contributed by atoms with Gasteiger partial charge >= 0.3 is 0 Å². The summed E-state index contributed by atoms with van der Waals surface area (Å²) in [5.41, 5.74) is 6.15. The third-order valence-electron chi connectivity index (χ3n) is 4.69. The van der Waals surface area contributed by atoms with Gasteiger partial charge in [-0.3, -0.25) is 11.3 Å². The molecule has 17 heavy (non-hydrogen) atoms. The van der Waals surface area contributed by atoms with E-state index in [4.69, 9.17) is 5.84 Å². The van der Waals surface area contributed by atoms with Crippen LogP contribution in [-0.2, 0) is 6.42 Å². The summed E-state index contributed by atoms with van der Waals surface area (Å²) in [4.78, 5) is 0. The van der Waals surface area contributed by atoms with Gasteiger partial charge in [0.25, 0.3) is 0 Å². The second-order valence-electron chi connectivity index (χ2n) is 5.65. The van der Waals surface area contributed by atoms with Crippen LogP contribution in [-0.4, -0.2) is 6.04 Å². The van der Waals surface area contributed by atoms with E-state index in [2.05, 4.69) is 29.7 Å². The predicted octanol–water partition coefficient (Wildman–Crippen LogP) is 2.74. The Kier molecular flexibility index (Phi) is 3.17. The molecule has 0 saturated heterocycles. The number of hydrazine groups is 1. The first-order valence-corrected chi connectivity index (χ1v) is 6.92. The molecule has 2 nitrogen and oxygen atoms in total. The summed E-state index contributed by atoms with van der Waals surface area (Å²) in [5.74, 6) is 7.34. The second kappa shape index (κ2) is 4.79. The van der Waals surface area contributed by atoms with E-state index in [1.165, 1.54) is 49.7 Å². The standard InChI is InChI=1S/C15H22N2/c16-17-15(10-11-4-3-5-11)14-9-8-12-6-1-2-7-13(12)14/h1-2,6-7,11,14-15,17H,3-5,8-10,16H2. The first kappa shape index (κ1) is 11.2. The molecule has 92 valence electrons. The van der Waals surface area contributed by atoms with E-state index in [0.29, 0.717) is 12.0 Å². The maximum Gasteiger partial charge on any atom is 0.0282 e. The summed E-state index contributed by atoms with van der Waals surface area (Å²) in [6.07, 6.45) is 7.99. The van der Waals surface area contributed by atoms with Crippen molar-refractivity contribution in [1.29, 1.82) is 0 Å². The fourth-order valence-corrected chi connectivity index (χ4v) is 3.44. The third kappa shape index (κ3) is 2.12. The number of benzene rings is 1. The Morgan fingerprint density at radius 1 is 1.24 bits per heavy atom. The number of fused-ring (bicyclic) bond motifs is 1. The molecule has 2 atom stereocenters. The summed E-state index contributed by atoms with van der Waals surface area (Å²) in [6, 6.07) is 9.35. The van der Waals surface area contributed by atoms with Crippen LogP contribution in [0.4, 0.5) is 0 Å². The summed E-state index contributed by atoms with van der Waals surface area (Å²) < 4.78 is 0. The quantitative estimate of drug-likeness (QED) is 0.616. The third-order valence-corrected chi connectivity index (χ3v) is 4.69. The summed E-state index contributed by atoms with van der Waals surface area (Å²) in [5, 5.41) is 0. The SMILES string of the molecule is NNC(CC1CCC1)C1CCc2ccccc21. The van der Waals surface area contributed by atoms with Crippen LogP contribution in [0.5, 0.6) is 0 Å². The largest absolute Gasteiger partial charge is 0.271 e. The van der Waals surface area contributed by atoms with Crippen LogP contribution < -0.4 is 11.3 Å². The lowest BCUT2D eigenvalue weighted by atomic mass is 9.77. The van der Waals surface area contributed by atoms with Crippen molar-refractivity contribution in [3.8, 4) is 0 Å². The molecule has 2 heteroatoms. The van der Waals surface area contributed by atoms with E-state index in [1.807, 2.05) is 0 Å². The fraction of sp³-hybridized carbons (Fsp3) is 0.600. The predicted molar refractivity (Wildman–Crippen MR) is 70.6 cm³/mol. The number of nitrogens with two attached hydrogens (primary N) is 1. The van der Waals surface area contributed by atoms with Crippen molar-refractivity contribution in [2.75, 3.05) is 0 Å². The van der Waals surface area contributed by atoms with Gasteiger partial charge in [-0.15, -0.1) is 0 Å². The van der Waals surface area contributed by atoms with E-state index in [9.17, 15) is 0 Å². The monoisotopic (exact) mass is 230 g/mol. The van der Waals surface area contributed by atoms with Gasteiger partial charge in [0.05, 0.1) is 0 Å². The van der Waals surface area contributed by atoms with Gasteiger partial charge in [-0.2, -0.15) is 0 Å². The van der Waals surface area contributed by atoms with Gasteiger partial charge < -0.3 is 0 Å². The maximum atomic E-state index is 5.79. The van der Waals surface area contributed by atoms with Gasteiger partial charge in [-0.1, -0.05) is 43.5 Å². The highest BCUT2D eigenvalue weighted by molar-refractivity contribution is 5.36. The van der Waals surface area contributed by atoms with Gasteiger partial charge in [0.2, 0.25) is 0 Å². The molecule has 0 radical (unpaired) electrons. The Hall–Kier alpha value is -0.860. The van der Waals surface area contributed by atoms with E-state index >= 15 is 0 Å². The number of hydrogen-bond acceptors (Lipinski definition) is 2. The lowest BCUT2D eigenvalue weighted by Gasteiger charge is -2.32. The minimum absolute atomic E-state index is 0.476. The summed E-state index contributed by atoms with van der Waals surface area (Å²) in [7, 11) is 0. The van der Waals surface area contributed by atoms with Crippen LogP contribution in [0.15, 0.2) is 24.3 Å². The molecule has 2 aliphatic rings. The van der Waals surface area contributed by atoms with Crippen LogP contribution in [0.2, 0.25) is 0 Å². The number of nitrogens with one attached hydrogen (secondary N) is 1. The number of hydrogen-bond donors (Lipinski definition) is 2. The van der Waals surface area contributed by atoms with Gasteiger partial charge in [0.15, 0.2) is 0 Å². The van der Waals surface area contributed by atoms with Crippen LogP contribution in [0, 0.1) is 5.92 Å². The highest BCUT2D eigenvalue weighted by Gasteiger charge is 2.31. The molecule has 0 spiro atoms. The lowest BCUT2D eigenvalue weighted by molar-refractivity contribution is 0.244. The Labute approximate surface area is 104 Å². The minimum atomic E-state index is 0.476. The van der Waals surface area contributed by atoms with Crippen molar-refractivity contribution in [3.05, 3.63) is 35.4 Å². The number of aryl methyl sites for hydroxylation is 1. The van der Waals surface area contributed by atoms with Crippen LogP contribution in [0.3, 0.4) is 0 Å². The Bertz CT molecular complexity index is 384. The van der Waals surface area contributed by atoms with Gasteiger partial charge in [0.1, 0.15) is 0 Å². The van der Waals surface area contributed by atoms with Crippen molar-refractivity contribution in [3.63, 3.8) is 0 Å². The van der Waals surface area contributed by atoms with Crippen molar-refractivity contribution >= 4 is 0 Å². The van der Waals surface area contributed by atoms with E-state index in [0.717, 1.165) is 5.92 Å². The molecule has 2 aliphatic carbocycles. The molecule has 1 aromatic rings. The van der Waals surface area contributed by atoms with E-state index in [1.54, 1.807) is 0 Å². The summed E-state index contributed by atoms with van der Waals surface area (Å²) in [6.45, 7) is 0. The van der Waals surface area contributed by atoms with E-state index < -0.39 is 0 Å². The maximum absolute atomic E-state index is 5.79. The molecule has 1 aromatic carbocycles. The molecule has 0 bridgehead atoms. The topological polar surface area (TPSA) is 38.0 Å². The number of rotatable bonds is 4. The highest BCUT2D eigenvalue weighted by atomic mass is 15.2. The normalized spacial score (nSPS) is 25.4. The minimum Gasteiger partial charge on any atom is -0.271 e. The molecule has 2 unspecified atom stereocenters. The Morgan fingerprint density at radius 2 is 2.06 bits per heavy atom. The van der Waals surface area contributed by atoms with Gasteiger partial charge in [0, 0.05) is 12.0 Å². The molecule has 0 heterocycles. The second-order valence-corrected chi connectivity index (χ2v) is 5.65. The molecule has 3 rings (SSSR count). The molecular formula is C15H22N2. The first-order chi connectivity index (χ1) is 8.38. The smallest absolute Gasteiger partial charge is 0.0282 e. The van der Waals surface area contributed by atoms with Crippen molar-refractivity contribution in [1.82, 2.24) is 5.43 Å². The van der Waals surface area contributed by atoms with Crippen molar-refractivity contribution < 1.29 is 0 Å². The molecule has 1 saturated carbocycles. The van der Waals surface area contributed by atoms with Crippen LogP contribution in [0.1, 0.15) is 49.1 Å². The average molecular weight is 230 g/mol. The highest BCUT2D eigenvalue weighted by Crippen LogP contribution is 2.39. The molecule has 0 aromatic heterocycles.